The number of hydrogen-bond acceptors (Lipinski definition) is 2. The molecule has 0 unspecified atom stereocenters. The molecular weight excluding hydrogens is 179 g/mol. The van der Waals surface area contributed by atoms with Crippen LogP contribution in [0.15, 0.2) is 12.1 Å². The number of nitrogens with zero attached hydrogens (tertiary/aromatic N) is 1. The molecule has 2 nitrogen and oxygen atoms in total. The minimum atomic E-state index is -0.545. The van der Waals surface area contributed by atoms with Gasteiger partial charge in [-0.15, -0.1) is 0 Å². The molecule has 0 amide bonds. The van der Waals surface area contributed by atoms with Gasteiger partial charge in [0.05, 0.1) is 17.5 Å². The van der Waals surface area contributed by atoms with Crippen molar-refractivity contribution in [2.75, 3.05) is 5.73 Å². The molecule has 0 aliphatic rings. The SMILES string of the molecule is N#CCc1c(N)ccc(F)c1Cl. The number of nitriles is 1. The second-order valence-corrected chi connectivity index (χ2v) is 2.64. The van der Waals surface area contributed by atoms with Crippen molar-refractivity contribution in [1.82, 2.24) is 0 Å². The van der Waals surface area contributed by atoms with Crippen LogP contribution in [0.25, 0.3) is 0 Å². The maximum Gasteiger partial charge on any atom is 0.142 e. The monoisotopic (exact) mass is 184 g/mol. The lowest BCUT2D eigenvalue weighted by atomic mass is 10.1. The van der Waals surface area contributed by atoms with Crippen LogP contribution in [-0.2, 0) is 6.42 Å². The summed E-state index contributed by atoms with van der Waals surface area (Å²) in [6.07, 6.45) is 0.0302. The van der Waals surface area contributed by atoms with Crippen molar-refractivity contribution in [2.24, 2.45) is 0 Å². The number of nitrogens with two attached hydrogens (primary N) is 1. The van der Waals surface area contributed by atoms with Crippen LogP contribution in [-0.4, -0.2) is 0 Å². The van der Waals surface area contributed by atoms with Crippen LogP contribution < -0.4 is 5.73 Å². The van der Waals surface area contributed by atoms with Gasteiger partial charge in [-0.3, -0.25) is 0 Å². The van der Waals surface area contributed by atoms with Crippen LogP contribution in [0.2, 0.25) is 5.02 Å². The molecular formula is C8H6ClFN2. The van der Waals surface area contributed by atoms with E-state index in [0.29, 0.717) is 11.3 Å². The molecule has 12 heavy (non-hydrogen) atoms. The zero-order valence-electron chi connectivity index (χ0n) is 6.14. The van der Waals surface area contributed by atoms with Gasteiger partial charge in [0.2, 0.25) is 0 Å². The van der Waals surface area contributed by atoms with Gasteiger partial charge in [0.25, 0.3) is 0 Å². The Labute approximate surface area is 74.4 Å². The van der Waals surface area contributed by atoms with Crippen LogP contribution in [0.1, 0.15) is 5.56 Å². The van der Waals surface area contributed by atoms with E-state index in [-0.39, 0.29) is 11.4 Å². The Morgan fingerprint density at radius 1 is 1.58 bits per heavy atom. The minimum Gasteiger partial charge on any atom is -0.398 e. The Morgan fingerprint density at radius 2 is 2.25 bits per heavy atom. The Morgan fingerprint density at radius 3 is 2.83 bits per heavy atom. The topological polar surface area (TPSA) is 49.8 Å². The number of hydrogen-bond donors (Lipinski definition) is 1. The average Bonchev–Trinajstić information content (AvgIpc) is 2.06. The van der Waals surface area contributed by atoms with Crippen molar-refractivity contribution < 1.29 is 4.39 Å². The number of benzene rings is 1. The fourth-order valence-electron chi connectivity index (χ4n) is 0.866. The quantitative estimate of drug-likeness (QED) is 0.680. The molecule has 0 saturated carbocycles. The Kier molecular flexibility index (Phi) is 2.51. The smallest absolute Gasteiger partial charge is 0.142 e. The molecule has 0 saturated heterocycles. The van der Waals surface area contributed by atoms with Crippen molar-refractivity contribution >= 4 is 17.3 Å². The fourth-order valence-corrected chi connectivity index (χ4v) is 1.11. The third-order valence-electron chi connectivity index (χ3n) is 1.49. The molecule has 0 heterocycles. The average molecular weight is 185 g/mol. The normalized spacial score (nSPS) is 9.42. The van der Waals surface area contributed by atoms with Gasteiger partial charge in [0.15, 0.2) is 0 Å². The highest BCUT2D eigenvalue weighted by atomic mass is 35.5. The number of anilines is 1. The summed E-state index contributed by atoms with van der Waals surface area (Å²) >= 11 is 5.57. The summed E-state index contributed by atoms with van der Waals surface area (Å²) in [4.78, 5) is 0. The van der Waals surface area contributed by atoms with Gasteiger partial charge < -0.3 is 5.73 Å². The first kappa shape index (κ1) is 8.82. The molecule has 0 aliphatic heterocycles. The molecule has 0 aromatic heterocycles. The largest absolute Gasteiger partial charge is 0.398 e. The second kappa shape index (κ2) is 3.42. The first-order valence-corrected chi connectivity index (χ1v) is 3.64. The number of rotatable bonds is 1. The van der Waals surface area contributed by atoms with Crippen LogP contribution >= 0.6 is 11.6 Å². The van der Waals surface area contributed by atoms with E-state index in [4.69, 9.17) is 22.6 Å². The van der Waals surface area contributed by atoms with E-state index in [2.05, 4.69) is 0 Å². The molecule has 0 aliphatic carbocycles. The predicted molar refractivity (Wildman–Crippen MR) is 45.1 cm³/mol. The van der Waals surface area contributed by atoms with E-state index in [0.717, 1.165) is 0 Å². The molecule has 4 heteroatoms. The first-order chi connectivity index (χ1) is 5.66. The number of nitrogen functional groups attached to an aromatic ring is 1. The lowest BCUT2D eigenvalue weighted by Crippen LogP contribution is -1.96. The Hall–Kier alpha value is -1.27. The highest BCUT2D eigenvalue weighted by molar-refractivity contribution is 6.31. The first-order valence-electron chi connectivity index (χ1n) is 3.26. The number of halogens is 2. The Balaban J connectivity index is 3.25. The molecule has 0 fully saturated rings. The van der Waals surface area contributed by atoms with Crippen molar-refractivity contribution in [2.45, 2.75) is 6.42 Å². The zero-order valence-corrected chi connectivity index (χ0v) is 6.90. The summed E-state index contributed by atoms with van der Waals surface area (Å²) in [7, 11) is 0. The van der Waals surface area contributed by atoms with Crippen molar-refractivity contribution in [3.63, 3.8) is 0 Å². The summed E-state index contributed by atoms with van der Waals surface area (Å²) < 4.78 is 12.8. The molecule has 0 bridgehead atoms. The van der Waals surface area contributed by atoms with Crippen LogP contribution in [0, 0.1) is 17.1 Å². The van der Waals surface area contributed by atoms with Crippen molar-refractivity contribution in [3.05, 3.63) is 28.5 Å². The van der Waals surface area contributed by atoms with E-state index in [9.17, 15) is 4.39 Å². The zero-order chi connectivity index (χ0) is 9.14. The lowest BCUT2D eigenvalue weighted by Gasteiger charge is -2.03. The van der Waals surface area contributed by atoms with E-state index >= 15 is 0 Å². The van der Waals surface area contributed by atoms with Gasteiger partial charge in [-0.25, -0.2) is 4.39 Å². The van der Waals surface area contributed by atoms with Gasteiger partial charge in [-0.1, -0.05) is 11.6 Å². The molecule has 62 valence electrons. The summed E-state index contributed by atoms with van der Waals surface area (Å²) in [6, 6.07) is 4.44. The van der Waals surface area contributed by atoms with Gasteiger partial charge in [-0.05, 0) is 12.1 Å². The highest BCUT2D eigenvalue weighted by Gasteiger charge is 2.08. The van der Waals surface area contributed by atoms with Gasteiger partial charge in [0.1, 0.15) is 5.82 Å². The maximum atomic E-state index is 12.8. The molecule has 1 aromatic rings. The fraction of sp³-hybridized carbons (Fsp3) is 0.125. The lowest BCUT2D eigenvalue weighted by molar-refractivity contribution is 0.627. The van der Waals surface area contributed by atoms with Gasteiger partial charge >= 0.3 is 0 Å². The van der Waals surface area contributed by atoms with Crippen LogP contribution in [0.4, 0.5) is 10.1 Å². The van der Waals surface area contributed by atoms with Gasteiger partial charge in [-0.2, -0.15) is 5.26 Å². The standard InChI is InChI=1S/C8H6ClFN2/c9-8-5(3-4-11)7(12)2-1-6(8)10/h1-2H,3,12H2. The van der Waals surface area contributed by atoms with E-state index < -0.39 is 5.82 Å². The Bertz CT molecular complexity index is 344. The van der Waals surface area contributed by atoms with Crippen LogP contribution in [0.5, 0.6) is 0 Å². The van der Waals surface area contributed by atoms with E-state index in [1.807, 2.05) is 6.07 Å². The minimum absolute atomic E-state index is 0.0302. The maximum absolute atomic E-state index is 12.8. The third kappa shape index (κ3) is 1.49. The molecule has 0 atom stereocenters. The van der Waals surface area contributed by atoms with Crippen molar-refractivity contribution in [1.29, 1.82) is 5.26 Å². The van der Waals surface area contributed by atoms with Crippen molar-refractivity contribution in [3.8, 4) is 6.07 Å². The molecule has 1 rings (SSSR count). The summed E-state index contributed by atoms with van der Waals surface area (Å²) in [5, 5.41) is 8.31. The van der Waals surface area contributed by atoms with E-state index in [1.54, 1.807) is 0 Å². The third-order valence-corrected chi connectivity index (χ3v) is 1.90. The molecule has 2 N–H and O–H groups in total. The summed E-state index contributed by atoms with van der Waals surface area (Å²) in [5.41, 5.74) is 6.18. The highest BCUT2D eigenvalue weighted by Crippen LogP contribution is 2.25. The predicted octanol–water partition coefficient (Wildman–Crippen LogP) is 2.13. The molecule has 0 radical (unpaired) electrons. The summed E-state index contributed by atoms with van der Waals surface area (Å²) in [5.74, 6) is -0.545. The molecule has 0 spiro atoms. The summed E-state index contributed by atoms with van der Waals surface area (Å²) in [6.45, 7) is 0. The van der Waals surface area contributed by atoms with Gasteiger partial charge in [0, 0.05) is 11.3 Å². The van der Waals surface area contributed by atoms with E-state index in [1.165, 1.54) is 12.1 Å². The van der Waals surface area contributed by atoms with Crippen LogP contribution in [0.3, 0.4) is 0 Å². The second-order valence-electron chi connectivity index (χ2n) is 2.26. The molecule has 1 aromatic carbocycles.